The van der Waals surface area contributed by atoms with Crippen molar-refractivity contribution in [2.45, 2.75) is 25.8 Å². The maximum absolute atomic E-state index is 6.39. The van der Waals surface area contributed by atoms with Gasteiger partial charge in [-0.05, 0) is 59.4 Å². The van der Waals surface area contributed by atoms with E-state index >= 15 is 0 Å². The average Bonchev–Trinajstić information content (AvgIpc) is 3.20. The zero-order valence-electron chi connectivity index (χ0n) is 11.6. The van der Waals surface area contributed by atoms with Crippen molar-refractivity contribution in [1.82, 2.24) is 5.32 Å². The lowest BCUT2D eigenvalue weighted by Crippen LogP contribution is -2.21. The molecule has 1 aromatic heterocycles. The summed E-state index contributed by atoms with van der Waals surface area (Å²) in [5.41, 5.74) is 1.01. The Bertz CT molecular complexity index is 652. The molecule has 1 fully saturated rings. The molecule has 1 nitrogen and oxygen atoms in total. The van der Waals surface area contributed by atoms with Crippen molar-refractivity contribution in [3.63, 3.8) is 0 Å². The van der Waals surface area contributed by atoms with Crippen molar-refractivity contribution in [3.05, 3.63) is 43.7 Å². The summed E-state index contributed by atoms with van der Waals surface area (Å²) < 4.78 is 0.832. The summed E-state index contributed by atoms with van der Waals surface area (Å²) in [6.45, 7) is 3.16. The number of nitrogens with one attached hydrogen (secondary N) is 1. The second-order valence-electron chi connectivity index (χ2n) is 5.30. The normalized spacial score (nSPS) is 16.2. The minimum Gasteiger partial charge on any atom is -0.309 e. The molecular weight excluding hydrogens is 389 g/mol. The van der Waals surface area contributed by atoms with Gasteiger partial charge in [-0.1, -0.05) is 36.2 Å². The first kappa shape index (κ1) is 15.8. The molecule has 3 rings (SSSR count). The standard InChI is InChI=1S/C16H16BrCl2NS/c1-2-20-16(9-3-4-9)13-8-7-12(21-13)10-5-6-11(17)15(19)14(10)18/h5-9,16,20H,2-4H2,1H3. The molecule has 0 saturated heterocycles. The third-order valence-corrected chi connectivity index (χ3v) is 6.72. The molecule has 1 aliphatic rings. The quantitative estimate of drug-likeness (QED) is 0.557. The molecule has 1 saturated carbocycles. The number of rotatable bonds is 5. The lowest BCUT2D eigenvalue weighted by atomic mass is 10.1. The molecule has 5 heteroatoms. The first-order valence-electron chi connectivity index (χ1n) is 7.08. The Balaban J connectivity index is 1.92. The van der Waals surface area contributed by atoms with Crippen LogP contribution >= 0.6 is 50.5 Å². The third-order valence-electron chi connectivity index (χ3n) is 3.75. The van der Waals surface area contributed by atoms with E-state index in [1.54, 1.807) is 0 Å². The zero-order chi connectivity index (χ0) is 15.0. The van der Waals surface area contributed by atoms with Gasteiger partial charge in [0.1, 0.15) is 0 Å². The van der Waals surface area contributed by atoms with Crippen LogP contribution in [0.15, 0.2) is 28.7 Å². The lowest BCUT2D eigenvalue weighted by Gasteiger charge is -2.15. The summed E-state index contributed by atoms with van der Waals surface area (Å²) in [5, 5.41) is 4.80. The van der Waals surface area contributed by atoms with E-state index in [-0.39, 0.29) is 0 Å². The Morgan fingerprint density at radius 3 is 2.67 bits per heavy atom. The van der Waals surface area contributed by atoms with Gasteiger partial charge in [-0.2, -0.15) is 0 Å². The Hall–Kier alpha value is -0.0600. The number of thiophene rings is 1. The van der Waals surface area contributed by atoms with Crippen LogP contribution in [0.25, 0.3) is 10.4 Å². The maximum atomic E-state index is 6.39. The second kappa shape index (κ2) is 6.59. The summed E-state index contributed by atoms with van der Waals surface area (Å²) in [7, 11) is 0. The minimum atomic E-state index is 0.485. The molecule has 0 spiro atoms. The second-order valence-corrected chi connectivity index (χ2v) is 8.02. The van der Waals surface area contributed by atoms with Gasteiger partial charge in [0.25, 0.3) is 0 Å². The topological polar surface area (TPSA) is 12.0 Å². The highest BCUT2D eigenvalue weighted by Gasteiger charge is 2.32. The van der Waals surface area contributed by atoms with Crippen molar-refractivity contribution in [2.75, 3.05) is 6.54 Å². The first-order valence-corrected chi connectivity index (χ1v) is 9.45. The lowest BCUT2D eigenvalue weighted by molar-refractivity contribution is 0.504. The highest BCUT2D eigenvalue weighted by atomic mass is 79.9. The molecule has 1 unspecified atom stereocenters. The Kier molecular flexibility index (Phi) is 4.97. The molecule has 0 amide bonds. The van der Waals surface area contributed by atoms with Crippen LogP contribution in [0.4, 0.5) is 0 Å². The average molecular weight is 405 g/mol. The molecule has 0 radical (unpaired) electrons. The van der Waals surface area contributed by atoms with E-state index < -0.39 is 0 Å². The number of hydrogen-bond donors (Lipinski definition) is 1. The molecule has 1 heterocycles. The summed E-state index contributed by atoms with van der Waals surface area (Å²) in [4.78, 5) is 2.57. The van der Waals surface area contributed by atoms with Crippen molar-refractivity contribution >= 4 is 50.5 Å². The van der Waals surface area contributed by atoms with Gasteiger partial charge >= 0.3 is 0 Å². The monoisotopic (exact) mass is 403 g/mol. The predicted molar refractivity (Wildman–Crippen MR) is 96.6 cm³/mol. The largest absolute Gasteiger partial charge is 0.309 e. The summed E-state index contributed by atoms with van der Waals surface area (Å²) in [5.74, 6) is 0.792. The fraction of sp³-hybridized carbons (Fsp3) is 0.375. The van der Waals surface area contributed by atoms with Gasteiger partial charge in [0.05, 0.1) is 10.0 Å². The van der Waals surface area contributed by atoms with E-state index in [9.17, 15) is 0 Å². The fourth-order valence-electron chi connectivity index (χ4n) is 2.53. The Morgan fingerprint density at radius 1 is 1.24 bits per heavy atom. The van der Waals surface area contributed by atoms with Gasteiger partial charge in [-0.3, -0.25) is 0 Å². The van der Waals surface area contributed by atoms with Crippen molar-refractivity contribution < 1.29 is 0 Å². The number of benzene rings is 1. The smallest absolute Gasteiger partial charge is 0.0740 e. The predicted octanol–water partition coefficient (Wildman–Crippen LogP) is 6.55. The molecule has 0 bridgehead atoms. The summed E-state index contributed by atoms with van der Waals surface area (Å²) in [6, 6.07) is 8.83. The van der Waals surface area contributed by atoms with Crippen LogP contribution in [0.1, 0.15) is 30.7 Å². The van der Waals surface area contributed by atoms with Crippen LogP contribution < -0.4 is 5.32 Å². The third kappa shape index (κ3) is 3.32. The van der Waals surface area contributed by atoms with Gasteiger partial charge in [-0.25, -0.2) is 0 Å². The Labute approximate surface area is 147 Å². The van der Waals surface area contributed by atoms with Crippen LogP contribution in [0, 0.1) is 5.92 Å². The zero-order valence-corrected chi connectivity index (χ0v) is 15.5. The van der Waals surface area contributed by atoms with Crippen LogP contribution in [0.2, 0.25) is 10.0 Å². The van der Waals surface area contributed by atoms with Crippen LogP contribution in [0.5, 0.6) is 0 Å². The first-order chi connectivity index (χ1) is 10.1. The van der Waals surface area contributed by atoms with Crippen LogP contribution in [-0.4, -0.2) is 6.54 Å². The summed E-state index contributed by atoms with van der Waals surface area (Å²) in [6.07, 6.45) is 2.66. The van der Waals surface area contributed by atoms with Gasteiger partial charge < -0.3 is 5.32 Å². The van der Waals surface area contributed by atoms with Gasteiger partial charge in [0, 0.05) is 25.8 Å². The molecule has 2 aromatic rings. The highest BCUT2D eigenvalue weighted by Crippen LogP contribution is 2.46. The Morgan fingerprint density at radius 2 is 2.00 bits per heavy atom. The van der Waals surface area contributed by atoms with Gasteiger partial charge in [0.2, 0.25) is 0 Å². The molecular formula is C16H16BrCl2NS. The van der Waals surface area contributed by atoms with Crippen LogP contribution in [-0.2, 0) is 0 Å². The van der Waals surface area contributed by atoms with Crippen molar-refractivity contribution in [2.24, 2.45) is 5.92 Å². The SMILES string of the molecule is CCNC(c1ccc(-c2ccc(Br)c(Cl)c2Cl)s1)C1CC1. The molecule has 21 heavy (non-hydrogen) atoms. The molecule has 1 aromatic carbocycles. The molecule has 1 aliphatic carbocycles. The highest BCUT2D eigenvalue weighted by molar-refractivity contribution is 9.10. The van der Waals surface area contributed by atoms with Crippen molar-refractivity contribution in [1.29, 1.82) is 0 Å². The fourth-order valence-corrected chi connectivity index (χ4v) is 4.67. The van der Waals surface area contributed by atoms with E-state index in [1.165, 1.54) is 22.6 Å². The van der Waals surface area contributed by atoms with E-state index in [1.807, 2.05) is 23.5 Å². The van der Waals surface area contributed by atoms with Crippen molar-refractivity contribution in [3.8, 4) is 10.4 Å². The van der Waals surface area contributed by atoms with Crippen LogP contribution in [0.3, 0.4) is 0 Å². The maximum Gasteiger partial charge on any atom is 0.0740 e. The molecule has 1 atom stereocenters. The summed E-state index contributed by atoms with van der Waals surface area (Å²) >= 11 is 17.8. The van der Waals surface area contributed by atoms with E-state index in [0.717, 1.165) is 22.5 Å². The van der Waals surface area contributed by atoms with Gasteiger partial charge in [0.15, 0.2) is 0 Å². The number of hydrogen-bond acceptors (Lipinski definition) is 2. The van der Waals surface area contributed by atoms with E-state index in [4.69, 9.17) is 23.2 Å². The molecule has 0 aliphatic heterocycles. The van der Waals surface area contributed by atoms with Gasteiger partial charge in [-0.15, -0.1) is 11.3 Å². The minimum absolute atomic E-state index is 0.485. The van der Waals surface area contributed by atoms with E-state index in [2.05, 4.69) is 40.3 Å². The molecule has 1 N–H and O–H groups in total. The number of halogens is 3. The molecule has 112 valence electrons. The van der Waals surface area contributed by atoms with E-state index in [0.29, 0.717) is 16.1 Å².